The third-order valence-corrected chi connectivity index (χ3v) is 3.73. The van der Waals surface area contributed by atoms with Gasteiger partial charge in [0.15, 0.2) is 0 Å². The minimum Gasteiger partial charge on any atom is -0.369 e. The van der Waals surface area contributed by atoms with Crippen molar-refractivity contribution >= 4 is 5.91 Å². The molecule has 0 saturated heterocycles. The fourth-order valence-electron chi connectivity index (χ4n) is 2.72. The summed E-state index contributed by atoms with van der Waals surface area (Å²) >= 11 is 0. The van der Waals surface area contributed by atoms with Gasteiger partial charge in [0.05, 0.1) is 12.1 Å². The molecule has 120 valence electrons. The van der Waals surface area contributed by atoms with E-state index in [-0.39, 0.29) is 12.2 Å². The molecule has 0 unspecified atom stereocenters. The van der Waals surface area contributed by atoms with Gasteiger partial charge in [0.1, 0.15) is 5.82 Å². The Morgan fingerprint density at radius 1 is 1.00 bits per heavy atom. The van der Waals surface area contributed by atoms with Crippen molar-refractivity contribution in [2.75, 3.05) is 0 Å². The highest BCUT2D eigenvalue weighted by molar-refractivity contribution is 5.77. The lowest BCUT2D eigenvalue weighted by molar-refractivity contribution is -0.117. The molecular formula is C20H17FN2O. The third kappa shape index (κ3) is 3.84. The van der Waals surface area contributed by atoms with Crippen molar-refractivity contribution in [2.24, 2.45) is 5.73 Å². The molecule has 2 N–H and O–H groups in total. The van der Waals surface area contributed by atoms with E-state index in [1.807, 2.05) is 42.5 Å². The van der Waals surface area contributed by atoms with Crippen LogP contribution in [0, 0.1) is 5.82 Å². The smallest absolute Gasteiger partial charge is 0.221 e. The van der Waals surface area contributed by atoms with E-state index in [9.17, 15) is 9.18 Å². The van der Waals surface area contributed by atoms with Crippen LogP contribution < -0.4 is 5.73 Å². The van der Waals surface area contributed by atoms with Gasteiger partial charge in [-0.2, -0.15) is 0 Å². The number of carbonyl (C=O) groups is 1. The summed E-state index contributed by atoms with van der Waals surface area (Å²) < 4.78 is 13.5. The quantitative estimate of drug-likeness (QED) is 0.782. The molecule has 3 rings (SSSR count). The first kappa shape index (κ1) is 15.9. The van der Waals surface area contributed by atoms with Gasteiger partial charge in [0, 0.05) is 11.8 Å². The van der Waals surface area contributed by atoms with Crippen LogP contribution in [0.5, 0.6) is 0 Å². The van der Waals surface area contributed by atoms with Gasteiger partial charge in [-0.05, 0) is 35.2 Å². The molecule has 0 atom stereocenters. The van der Waals surface area contributed by atoms with Gasteiger partial charge in [-0.25, -0.2) is 4.39 Å². The Kier molecular flexibility index (Phi) is 4.66. The van der Waals surface area contributed by atoms with Crippen LogP contribution in [0.2, 0.25) is 0 Å². The molecule has 24 heavy (non-hydrogen) atoms. The van der Waals surface area contributed by atoms with Gasteiger partial charge in [0.2, 0.25) is 5.91 Å². The number of aromatic nitrogens is 1. The van der Waals surface area contributed by atoms with Crippen LogP contribution in [0.4, 0.5) is 4.39 Å². The number of nitrogens with two attached hydrogens (primary N) is 1. The van der Waals surface area contributed by atoms with Crippen molar-refractivity contribution in [1.29, 1.82) is 0 Å². The van der Waals surface area contributed by atoms with Crippen LogP contribution in [0.25, 0.3) is 11.3 Å². The van der Waals surface area contributed by atoms with Crippen LogP contribution in [-0.2, 0) is 17.6 Å². The van der Waals surface area contributed by atoms with Gasteiger partial charge in [-0.15, -0.1) is 0 Å². The number of primary amides is 1. The molecule has 0 radical (unpaired) electrons. The number of benzene rings is 2. The van der Waals surface area contributed by atoms with Crippen LogP contribution in [-0.4, -0.2) is 10.9 Å². The Morgan fingerprint density at radius 2 is 1.79 bits per heavy atom. The molecule has 0 spiro atoms. The number of amides is 1. The van der Waals surface area contributed by atoms with Crippen molar-refractivity contribution in [2.45, 2.75) is 12.8 Å². The maximum absolute atomic E-state index is 13.5. The first-order valence-electron chi connectivity index (χ1n) is 7.68. The van der Waals surface area contributed by atoms with Crippen molar-refractivity contribution in [3.63, 3.8) is 0 Å². The summed E-state index contributed by atoms with van der Waals surface area (Å²) in [6.45, 7) is 0. The summed E-state index contributed by atoms with van der Waals surface area (Å²) in [6, 6.07) is 18.2. The van der Waals surface area contributed by atoms with Crippen molar-refractivity contribution in [3.8, 4) is 11.3 Å². The lowest BCUT2D eigenvalue weighted by Gasteiger charge is -2.11. The fourth-order valence-corrected chi connectivity index (χ4v) is 2.72. The predicted molar refractivity (Wildman–Crippen MR) is 91.8 cm³/mol. The zero-order valence-electron chi connectivity index (χ0n) is 13.1. The van der Waals surface area contributed by atoms with Gasteiger partial charge >= 0.3 is 0 Å². The van der Waals surface area contributed by atoms with E-state index in [1.165, 1.54) is 12.1 Å². The summed E-state index contributed by atoms with van der Waals surface area (Å²) in [6.07, 6.45) is 2.34. The topological polar surface area (TPSA) is 56.0 Å². The highest BCUT2D eigenvalue weighted by Gasteiger charge is 2.10. The molecule has 4 heteroatoms. The lowest BCUT2D eigenvalue weighted by atomic mass is 9.97. The van der Waals surface area contributed by atoms with E-state index in [2.05, 4.69) is 4.98 Å². The number of pyridine rings is 1. The molecule has 0 aliphatic carbocycles. The standard InChI is InChI=1S/C20H17FN2O/c21-18-8-4-5-14(11-18)9-17-10-15(12-19(22)24)13-23-20(17)16-6-2-1-3-7-16/h1-8,10-11,13H,9,12H2,(H2,22,24). The Balaban J connectivity index is 2.03. The van der Waals surface area contributed by atoms with Crippen molar-refractivity contribution in [3.05, 3.63) is 89.4 Å². The summed E-state index contributed by atoms with van der Waals surface area (Å²) in [5.74, 6) is -0.670. The summed E-state index contributed by atoms with van der Waals surface area (Å²) in [7, 11) is 0. The van der Waals surface area contributed by atoms with Gasteiger partial charge in [0.25, 0.3) is 0 Å². The Bertz CT molecular complexity index is 863. The van der Waals surface area contributed by atoms with Gasteiger partial charge < -0.3 is 5.73 Å². The maximum Gasteiger partial charge on any atom is 0.221 e. The van der Waals surface area contributed by atoms with Crippen molar-refractivity contribution in [1.82, 2.24) is 4.98 Å². The molecule has 0 fully saturated rings. The molecule has 1 heterocycles. The Labute approximate surface area is 140 Å². The molecule has 3 nitrogen and oxygen atoms in total. The molecule has 0 aliphatic rings. The minimum atomic E-state index is -0.402. The maximum atomic E-state index is 13.5. The molecule has 3 aromatic rings. The molecule has 2 aromatic carbocycles. The Morgan fingerprint density at radius 3 is 2.50 bits per heavy atom. The number of nitrogens with zero attached hydrogens (tertiary/aromatic N) is 1. The number of hydrogen-bond donors (Lipinski definition) is 1. The zero-order valence-corrected chi connectivity index (χ0v) is 13.1. The van der Waals surface area contributed by atoms with Crippen LogP contribution in [0.1, 0.15) is 16.7 Å². The number of carbonyl (C=O) groups excluding carboxylic acids is 1. The molecule has 0 aliphatic heterocycles. The average molecular weight is 320 g/mol. The number of hydrogen-bond acceptors (Lipinski definition) is 2. The lowest BCUT2D eigenvalue weighted by Crippen LogP contribution is -2.14. The predicted octanol–water partition coefficient (Wildman–Crippen LogP) is 3.51. The average Bonchev–Trinajstić information content (AvgIpc) is 2.55. The molecule has 0 bridgehead atoms. The van der Waals surface area contributed by atoms with Crippen LogP contribution in [0.3, 0.4) is 0 Å². The number of halogens is 1. The molecule has 0 saturated carbocycles. The summed E-state index contributed by atoms with van der Waals surface area (Å²) in [5, 5.41) is 0. The van der Waals surface area contributed by atoms with Gasteiger partial charge in [-0.3, -0.25) is 9.78 Å². The van der Waals surface area contributed by atoms with E-state index in [1.54, 1.807) is 12.3 Å². The fraction of sp³-hybridized carbons (Fsp3) is 0.100. The van der Waals surface area contributed by atoms with Crippen molar-refractivity contribution < 1.29 is 9.18 Å². The Hall–Kier alpha value is -3.01. The normalized spacial score (nSPS) is 10.5. The van der Waals surface area contributed by atoms with E-state index in [0.717, 1.165) is 27.9 Å². The van der Waals surface area contributed by atoms with E-state index >= 15 is 0 Å². The molecular weight excluding hydrogens is 303 g/mol. The first-order chi connectivity index (χ1) is 11.6. The second kappa shape index (κ2) is 7.04. The van der Waals surface area contributed by atoms with E-state index < -0.39 is 5.91 Å². The first-order valence-corrected chi connectivity index (χ1v) is 7.68. The van der Waals surface area contributed by atoms with E-state index in [4.69, 9.17) is 5.73 Å². The third-order valence-electron chi connectivity index (χ3n) is 3.73. The van der Waals surface area contributed by atoms with Crippen LogP contribution >= 0.6 is 0 Å². The molecule has 1 aromatic heterocycles. The minimum absolute atomic E-state index is 0.137. The SMILES string of the molecule is NC(=O)Cc1cnc(-c2ccccc2)c(Cc2cccc(F)c2)c1. The van der Waals surface area contributed by atoms with Crippen LogP contribution in [0.15, 0.2) is 66.9 Å². The highest BCUT2D eigenvalue weighted by atomic mass is 19.1. The second-order valence-electron chi connectivity index (χ2n) is 5.67. The molecule has 1 amide bonds. The highest BCUT2D eigenvalue weighted by Crippen LogP contribution is 2.25. The largest absolute Gasteiger partial charge is 0.369 e. The van der Waals surface area contributed by atoms with Gasteiger partial charge in [-0.1, -0.05) is 48.5 Å². The second-order valence-corrected chi connectivity index (χ2v) is 5.67. The monoisotopic (exact) mass is 320 g/mol. The summed E-state index contributed by atoms with van der Waals surface area (Å²) in [5.41, 5.74) is 9.63. The van der Waals surface area contributed by atoms with E-state index in [0.29, 0.717) is 6.42 Å². The zero-order chi connectivity index (χ0) is 16.9. The number of rotatable bonds is 5. The summed E-state index contributed by atoms with van der Waals surface area (Å²) in [4.78, 5) is 15.7.